The monoisotopic (exact) mass is 850 g/mol. The van der Waals surface area contributed by atoms with Crippen molar-refractivity contribution < 1.29 is 50.3 Å². The minimum atomic E-state index is -4.81. The van der Waals surface area contributed by atoms with Gasteiger partial charge >= 0.3 is 12.4 Å². The second-order valence-corrected chi connectivity index (χ2v) is 16.1. The van der Waals surface area contributed by atoms with Crippen molar-refractivity contribution in [3.8, 4) is 6.07 Å². The van der Waals surface area contributed by atoms with Crippen LogP contribution in [-0.2, 0) is 30.1 Å². The zero-order chi connectivity index (χ0) is 42.9. The molecule has 2 N–H and O–H groups in total. The summed E-state index contributed by atoms with van der Waals surface area (Å²) >= 11 is 5.68. The van der Waals surface area contributed by atoms with Crippen molar-refractivity contribution in [1.29, 1.82) is 5.26 Å². The van der Waals surface area contributed by atoms with Gasteiger partial charge in [-0.3, -0.25) is 39.3 Å². The van der Waals surface area contributed by atoms with E-state index < -0.39 is 65.2 Å². The van der Waals surface area contributed by atoms with Crippen LogP contribution in [0, 0.1) is 11.3 Å². The fourth-order valence-corrected chi connectivity index (χ4v) is 8.85. The summed E-state index contributed by atoms with van der Waals surface area (Å²) in [6.45, 7) is 3.53. The van der Waals surface area contributed by atoms with Crippen molar-refractivity contribution in [2.24, 2.45) is 0 Å². The fourth-order valence-electron chi connectivity index (χ4n) is 8.29. The number of anilines is 2. The van der Waals surface area contributed by atoms with Gasteiger partial charge in [-0.1, -0.05) is 0 Å². The van der Waals surface area contributed by atoms with E-state index in [-0.39, 0.29) is 54.1 Å². The van der Waals surface area contributed by atoms with Gasteiger partial charge < -0.3 is 19.9 Å². The van der Waals surface area contributed by atoms with Crippen LogP contribution in [0.3, 0.4) is 0 Å². The van der Waals surface area contributed by atoms with Crippen molar-refractivity contribution in [2.75, 3.05) is 49.5 Å². The Bertz CT molecular complexity index is 1980. The molecular formula is C39H44F6N8O5S. The first kappa shape index (κ1) is 43.9. The van der Waals surface area contributed by atoms with Crippen molar-refractivity contribution in [2.45, 2.75) is 101 Å². The number of imide groups is 1. The number of pyridine rings is 1. The number of nitriles is 1. The smallest absolute Gasteiger partial charge is 0.378 e. The first-order valence-corrected chi connectivity index (χ1v) is 19.7. The molecule has 2 aromatic rings. The van der Waals surface area contributed by atoms with Crippen molar-refractivity contribution in [3.63, 3.8) is 0 Å². The van der Waals surface area contributed by atoms with Crippen LogP contribution in [0.15, 0.2) is 36.5 Å². The number of piperidine rings is 1. The molecule has 4 fully saturated rings. The Hall–Kier alpha value is -4.71. The number of hydrogen-bond donors (Lipinski definition) is 2. The number of nitrogens with one attached hydrogen (secondary N) is 2. The van der Waals surface area contributed by atoms with Gasteiger partial charge in [0.1, 0.15) is 11.6 Å². The maximum Gasteiger partial charge on any atom is 0.417 e. The van der Waals surface area contributed by atoms with Crippen LogP contribution < -0.4 is 15.5 Å². The Morgan fingerprint density at radius 3 is 2.41 bits per heavy atom. The molecule has 1 aromatic heterocycles. The number of rotatable bonds is 11. The van der Waals surface area contributed by atoms with E-state index >= 15 is 0 Å². The van der Waals surface area contributed by atoms with Gasteiger partial charge in [0.25, 0.3) is 5.91 Å². The average molecular weight is 851 g/mol. The molecule has 1 aromatic carbocycles. The summed E-state index contributed by atoms with van der Waals surface area (Å²) in [4.78, 5) is 59.8. The van der Waals surface area contributed by atoms with E-state index in [0.29, 0.717) is 63.9 Å². The third kappa shape index (κ3) is 9.85. The van der Waals surface area contributed by atoms with Crippen LogP contribution in [0.5, 0.6) is 0 Å². The van der Waals surface area contributed by atoms with E-state index in [9.17, 15) is 50.8 Å². The van der Waals surface area contributed by atoms with Gasteiger partial charge in [-0.2, -0.15) is 31.6 Å². The second-order valence-electron chi connectivity index (χ2n) is 15.7. The molecule has 20 heteroatoms. The molecule has 2 atom stereocenters. The topological polar surface area (TPSA) is 151 Å². The van der Waals surface area contributed by atoms with Crippen molar-refractivity contribution >= 4 is 52.3 Å². The summed E-state index contributed by atoms with van der Waals surface area (Å²) in [5, 5.41) is 14.1. The number of benzene rings is 1. The number of alkyl halides is 6. The molecule has 1 saturated carbocycles. The molecular weight excluding hydrogens is 807 g/mol. The number of hydrogen-bond acceptors (Lipinski definition) is 10. The lowest BCUT2D eigenvalue weighted by Crippen LogP contribution is -2.60. The molecule has 4 aliphatic rings. The highest BCUT2D eigenvalue weighted by molar-refractivity contribution is 7.80. The Balaban J connectivity index is 0.945. The fraction of sp³-hybridized carbons (Fsp3) is 0.564. The second kappa shape index (κ2) is 17.5. The lowest BCUT2D eigenvalue weighted by Gasteiger charge is -2.42. The lowest BCUT2D eigenvalue weighted by atomic mass is 9.89. The minimum Gasteiger partial charge on any atom is -0.378 e. The highest BCUT2D eigenvalue weighted by atomic mass is 32.1. The third-order valence-corrected chi connectivity index (χ3v) is 11.7. The van der Waals surface area contributed by atoms with Crippen LogP contribution in [-0.4, -0.2) is 118 Å². The highest BCUT2D eigenvalue weighted by Crippen LogP contribution is 2.41. The Labute approximate surface area is 342 Å². The molecule has 6 rings (SSSR count). The van der Waals surface area contributed by atoms with Crippen LogP contribution in [0.4, 0.5) is 37.7 Å². The first-order valence-electron chi connectivity index (χ1n) is 19.3. The SMILES string of the molecule is CC1(C)C(=O)N(c2ccc(C#N)c(C(F)(F)F)c2)C(=S)N1[C@H]1CC[C@H](OCCCN2CCN(CC(=O)Nc3ccc(C4CCC(=O)NC4=O)nc3)[C@@H](C(F)(F)F)C2)CC1. The van der Waals surface area contributed by atoms with E-state index in [1.807, 2.05) is 0 Å². The summed E-state index contributed by atoms with van der Waals surface area (Å²) in [6, 6.07) is 5.60. The number of carbonyl (C=O) groups excluding carboxylic acids is 4. The predicted molar refractivity (Wildman–Crippen MR) is 205 cm³/mol. The number of ether oxygens (including phenoxy) is 1. The number of carbonyl (C=O) groups is 4. The van der Waals surface area contributed by atoms with E-state index in [4.69, 9.17) is 17.0 Å². The standard InChI is InChI=1S/C39H44F6N8O5S/c1-37(2)35(57)52(26-6-4-23(19-46)29(18-26)38(40,41)42)36(59)53(37)25-7-9-27(10-8-25)58-17-3-14-50-15-16-51(31(21-50)39(43,44)45)22-33(55)48-24-5-12-30(47-20-24)28-11-13-32(54)49-34(28)56/h4-6,12,18,20,25,27-28,31H,3,7-11,13-17,21-22H2,1-2H3,(H,48,55)(H,49,54,56)/t25-,27-,28?,31-/m1/s1. The molecule has 4 heterocycles. The largest absolute Gasteiger partial charge is 0.417 e. The summed E-state index contributed by atoms with van der Waals surface area (Å²) in [7, 11) is 0. The molecule has 1 aliphatic carbocycles. The number of aromatic nitrogens is 1. The summed E-state index contributed by atoms with van der Waals surface area (Å²) < 4.78 is 89.8. The molecule has 0 bridgehead atoms. The number of piperazine rings is 1. The van der Waals surface area contributed by atoms with Crippen molar-refractivity contribution in [1.82, 2.24) is 25.0 Å². The van der Waals surface area contributed by atoms with Crippen LogP contribution in [0.2, 0.25) is 0 Å². The summed E-state index contributed by atoms with van der Waals surface area (Å²) in [6.07, 6.45) is -4.85. The highest BCUT2D eigenvalue weighted by Gasteiger charge is 2.53. The molecule has 318 valence electrons. The van der Waals surface area contributed by atoms with Gasteiger partial charge in [0.2, 0.25) is 17.7 Å². The zero-order valence-corrected chi connectivity index (χ0v) is 33.2. The maximum absolute atomic E-state index is 14.2. The summed E-state index contributed by atoms with van der Waals surface area (Å²) in [5.74, 6) is -2.56. The molecule has 13 nitrogen and oxygen atoms in total. The zero-order valence-electron chi connectivity index (χ0n) is 32.4. The molecule has 59 heavy (non-hydrogen) atoms. The van der Waals surface area contributed by atoms with E-state index in [1.165, 1.54) is 30.5 Å². The van der Waals surface area contributed by atoms with Gasteiger partial charge in [-0.05, 0) is 94.9 Å². The molecule has 4 amide bonds. The van der Waals surface area contributed by atoms with Gasteiger partial charge in [-0.25, -0.2) is 0 Å². The number of nitrogens with zero attached hydrogens (tertiary/aromatic N) is 6. The normalized spacial score (nSPS) is 24.6. The molecule has 0 radical (unpaired) electrons. The van der Waals surface area contributed by atoms with Crippen LogP contribution in [0.1, 0.15) is 81.5 Å². The third-order valence-electron chi connectivity index (χ3n) is 11.4. The average Bonchev–Trinajstić information content (AvgIpc) is 3.35. The first-order chi connectivity index (χ1) is 27.8. The van der Waals surface area contributed by atoms with E-state index in [1.54, 1.807) is 23.6 Å². The van der Waals surface area contributed by atoms with Crippen LogP contribution >= 0.6 is 12.2 Å². The molecule has 3 aliphatic heterocycles. The Kier molecular flexibility index (Phi) is 13.0. The maximum atomic E-state index is 14.2. The van der Waals surface area contributed by atoms with Crippen molar-refractivity contribution in [3.05, 3.63) is 53.3 Å². The Morgan fingerprint density at radius 1 is 1.05 bits per heavy atom. The lowest BCUT2D eigenvalue weighted by molar-refractivity contribution is -0.197. The quantitative estimate of drug-likeness (QED) is 0.134. The summed E-state index contributed by atoms with van der Waals surface area (Å²) in [5.41, 5.74) is -2.26. The van der Waals surface area contributed by atoms with Gasteiger partial charge in [-0.15, -0.1) is 0 Å². The minimum absolute atomic E-state index is 0.0124. The molecule has 1 unspecified atom stereocenters. The van der Waals surface area contributed by atoms with E-state index in [0.717, 1.165) is 21.9 Å². The Morgan fingerprint density at radius 2 is 1.78 bits per heavy atom. The molecule has 3 saturated heterocycles. The predicted octanol–water partition coefficient (Wildman–Crippen LogP) is 5.11. The number of halogens is 6. The van der Waals surface area contributed by atoms with Crippen LogP contribution in [0.25, 0.3) is 0 Å². The van der Waals surface area contributed by atoms with E-state index in [2.05, 4.69) is 15.6 Å². The number of thiocarbonyl (C=S) groups is 1. The number of amides is 4. The van der Waals surface area contributed by atoms with Gasteiger partial charge in [0.05, 0.1) is 59.0 Å². The molecule has 0 spiro atoms. The van der Waals surface area contributed by atoms with Gasteiger partial charge in [0.15, 0.2) is 5.11 Å². The van der Waals surface area contributed by atoms with Gasteiger partial charge in [0, 0.05) is 45.2 Å².